The smallest absolute Gasteiger partial charge is 0.329 e. The Bertz CT molecular complexity index is 1110. The first kappa shape index (κ1) is 20.2. The van der Waals surface area contributed by atoms with Crippen LogP contribution in [0.25, 0.3) is 11.1 Å². The van der Waals surface area contributed by atoms with E-state index in [1.807, 2.05) is 36.4 Å². The Hall–Kier alpha value is -4.13. The highest BCUT2D eigenvalue weighted by Crippen LogP contribution is 2.25. The van der Waals surface area contributed by atoms with Crippen LogP contribution in [0.1, 0.15) is 6.42 Å². The molecule has 1 fully saturated rings. The molecule has 3 aromatic carbocycles. The van der Waals surface area contributed by atoms with Crippen molar-refractivity contribution in [2.24, 2.45) is 0 Å². The first-order chi connectivity index (χ1) is 15.0. The number of hydrogen-bond donors (Lipinski definition) is 2. The van der Waals surface area contributed by atoms with Crippen molar-refractivity contribution in [3.8, 4) is 16.9 Å². The van der Waals surface area contributed by atoms with Crippen LogP contribution in [0.4, 0.5) is 16.2 Å². The summed E-state index contributed by atoms with van der Waals surface area (Å²) in [6, 6.07) is 22.2. The number of nitrogens with zero attached hydrogens (tertiary/aromatic N) is 1. The maximum atomic E-state index is 12.6. The van der Waals surface area contributed by atoms with Gasteiger partial charge in [0.15, 0.2) is 0 Å². The number of rotatable bonds is 6. The molecule has 0 unspecified atom stereocenters. The molecule has 1 aliphatic rings. The highest BCUT2D eigenvalue weighted by Gasteiger charge is 2.39. The topological polar surface area (TPSA) is 87.7 Å². The summed E-state index contributed by atoms with van der Waals surface area (Å²) in [5.41, 5.74) is 3.06. The van der Waals surface area contributed by atoms with Gasteiger partial charge in [0.25, 0.3) is 5.91 Å². The molecule has 4 amide bonds. The normalized spacial score (nSPS) is 15.5. The molecule has 2 N–H and O–H groups in total. The van der Waals surface area contributed by atoms with Crippen LogP contribution in [0.15, 0.2) is 78.9 Å². The number of carbonyl (C=O) groups excluding carboxylic acids is 3. The Morgan fingerprint density at radius 3 is 2.42 bits per heavy atom. The molecule has 7 nitrogen and oxygen atoms in total. The van der Waals surface area contributed by atoms with Crippen molar-refractivity contribution in [1.29, 1.82) is 0 Å². The van der Waals surface area contributed by atoms with E-state index in [9.17, 15) is 14.4 Å². The molecule has 1 aliphatic heterocycles. The van der Waals surface area contributed by atoms with Gasteiger partial charge in [-0.15, -0.1) is 0 Å². The van der Waals surface area contributed by atoms with E-state index in [4.69, 9.17) is 4.74 Å². The van der Waals surface area contributed by atoms with Crippen molar-refractivity contribution in [1.82, 2.24) is 5.32 Å². The van der Waals surface area contributed by atoms with Crippen LogP contribution < -0.4 is 20.3 Å². The predicted octanol–water partition coefficient (Wildman–Crippen LogP) is 3.82. The fourth-order valence-electron chi connectivity index (χ4n) is 3.44. The maximum absolute atomic E-state index is 12.6. The van der Waals surface area contributed by atoms with Gasteiger partial charge in [0, 0.05) is 5.69 Å². The van der Waals surface area contributed by atoms with Gasteiger partial charge in [0.05, 0.1) is 19.2 Å². The molecule has 0 aromatic heterocycles. The van der Waals surface area contributed by atoms with E-state index >= 15 is 0 Å². The standard InChI is InChI=1S/C24H21N3O4/c1-31-20-9-5-6-17(14-20)16-10-12-18(13-11-16)25-22(28)15-21-23(29)27(24(30)26-21)19-7-3-2-4-8-19/h2-14,21H,15H2,1H3,(H,25,28)(H,26,30)/t21-/m1/s1. The largest absolute Gasteiger partial charge is 0.497 e. The van der Waals surface area contributed by atoms with Crippen molar-refractivity contribution < 1.29 is 19.1 Å². The third kappa shape index (κ3) is 4.40. The van der Waals surface area contributed by atoms with Crippen LogP contribution in [0.5, 0.6) is 5.75 Å². The number of benzene rings is 3. The van der Waals surface area contributed by atoms with Gasteiger partial charge in [-0.05, 0) is 47.5 Å². The quantitative estimate of drug-likeness (QED) is 0.599. The van der Waals surface area contributed by atoms with Crippen LogP contribution in [-0.4, -0.2) is 31.0 Å². The highest BCUT2D eigenvalue weighted by molar-refractivity contribution is 6.22. The summed E-state index contributed by atoms with van der Waals surface area (Å²) in [4.78, 5) is 38.3. The number of para-hydroxylation sites is 1. The van der Waals surface area contributed by atoms with E-state index in [2.05, 4.69) is 10.6 Å². The fraction of sp³-hybridized carbons (Fsp3) is 0.125. The SMILES string of the molecule is COc1cccc(-c2ccc(NC(=O)C[C@H]3NC(=O)N(c4ccccc4)C3=O)cc2)c1. The Morgan fingerprint density at radius 1 is 0.968 bits per heavy atom. The summed E-state index contributed by atoms with van der Waals surface area (Å²) in [5.74, 6) is -0.0369. The van der Waals surface area contributed by atoms with E-state index in [-0.39, 0.29) is 12.3 Å². The van der Waals surface area contributed by atoms with Gasteiger partial charge >= 0.3 is 6.03 Å². The summed E-state index contributed by atoms with van der Waals surface area (Å²) in [5, 5.41) is 5.35. The minimum atomic E-state index is -0.899. The summed E-state index contributed by atoms with van der Waals surface area (Å²) in [7, 11) is 1.62. The molecule has 4 rings (SSSR count). The van der Waals surface area contributed by atoms with Crippen molar-refractivity contribution in [3.63, 3.8) is 0 Å². The van der Waals surface area contributed by atoms with Crippen molar-refractivity contribution >= 4 is 29.2 Å². The third-order valence-electron chi connectivity index (χ3n) is 4.99. The molecular formula is C24H21N3O4. The average Bonchev–Trinajstić information content (AvgIpc) is 3.07. The van der Waals surface area contributed by atoms with Crippen LogP contribution in [0, 0.1) is 0 Å². The summed E-state index contributed by atoms with van der Waals surface area (Å²) in [6.45, 7) is 0. The number of methoxy groups -OCH3 is 1. The maximum Gasteiger partial charge on any atom is 0.329 e. The number of anilines is 2. The first-order valence-corrected chi connectivity index (χ1v) is 9.79. The molecule has 156 valence electrons. The van der Waals surface area contributed by atoms with Gasteiger partial charge in [-0.2, -0.15) is 0 Å². The number of nitrogens with one attached hydrogen (secondary N) is 2. The lowest BCUT2D eigenvalue weighted by Crippen LogP contribution is -2.34. The van der Waals surface area contributed by atoms with E-state index < -0.39 is 18.0 Å². The first-order valence-electron chi connectivity index (χ1n) is 9.79. The lowest BCUT2D eigenvalue weighted by molar-refractivity contribution is -0.122. The van der Waals surface area contributed by atoms with E-state index in [1.54, 1.807) is 49.6 Å². The van der Waals surface area contributed by atoms with Gasteiger partial charge in [-0.25, -0.2) is 9.69 Å². The Morgan fingerprint density at radius 2 is 1.71 bits per heavy atom. The van der Waals surface area contributed by atoms with Crippen molar-refractivity contribution in [2.75, 3.05) is 17.3 Å². The molecule has 0 spiro atoms. The van der Waals surface area contributed by atoms with Crippen molar-refractivity contribution in [3.05, 3.63) is 78.9 Å². The number of amides is 4. The minimum absolute atomic E-state index is 0.147. The molecule has 31 heavy (non-hydrogen) atoms. The molecule has 0 bridgehead atoms. The van der Waals surface area contributed by atoms with Crippen LogP contribution in [-0.2, 0) is 9.59 Å². The second-order valence-corrected chi connectivity index (χ2v) is 7.07. The number of urea groups is 1. The number of hydrogen-bond acceptors (Lipinski definition) is 4. The Kier molecular flexibility index (Phi) is 5.66. The van der Waals surface area contributed by atoms with Crippen LogP contribution in [0.2, 0.25) is 0 Å². The molecule has 1 saturated heterocycles. The molecular weight excluding hydrogens is 394 g/mol. The Labute approximate surface area is 179 Å². The fourth-order valence-corrected chi connectivity index (χ4v) is 3.44. The minimum Gasteiger partial charge on any atom is -0.497 e. The van der Waals surface area contributed by atoms with E-state index in [0.717, 1.165) is 21.8 Å². The van der Waals surface area contributed by atoms with Gasteiger partial charge in [-0.1, -0.05) is 42.5 Å². The zero-order chi connectivity index (χ0) is 21.8. The number of carbonyl (C=O) groups is 3. The predicted molar refractivity (Wildman–Crippen MR) is 118 cm³/mol. The highest BCUT2D eigenvalue weighted by atomic mass is 16.5. The van der Waals surface area contributed by atoms with Gasteiger partial charge < -0.3 is 15.4 Å². The lowest BCUT2D eigenvalue weighted by atomic mass is 10.1. The molecule has 7 heteroatoms. The summed E-state index contributed by atoms with van der Waals surface area (Å²) >= 11 is 0. The average molecular weight is 415 g/mol. The summed E-state index contributed by atoms with van der Waals surface area (Å²) < 4.78 is 5.25. The van der Waals surface area contributed by atoms with Crippen molar-refractivity contribution in [2.45, 2.75) is 12.5 Å². The monoisotopic (exact) mass is 415 g/mol. The van der Waals surface area contributed by atoms with E-state index in [1.165, 1.54) is 0 Å². The van der Waals surface area contributed by atoms with Crippen LogP contribution >= 0.6 is 0 Å². The molecule has 3 aromatic rings. The third-order valence-corrected chi connectivity index (χ3v) is 4.99. The lowest BCUT2D eigenvalue weighted by Gasteiger charge is -2.13. The zero-order valence-electron chi connectivity index (χ0n) is 16.9. The van der Waals surface area contributed by atoms with Crippen LogP contribution in [0.3, 0.4) is 0 Å². The molecule has 0 aliphatic carbocycles. The van der Waals surface area contributed by atoms with Gasteiger partial charge in [-0.3, -0.25) is 9.59 Å². The number of imide groups is 1. The second kappa shape index (κ2) is 8.71. The molecule has 0 saturated carbocycles. The Balaban J connectivity index is 1.39. The molecule has 1 heterocycles. The molecule has 1 atom stereocenters. The number of ether oxygens (including phenoxy) is 1. The molecule has 0 radical (unpaired) electrons. The van der Waals surface area contributed by atoms with Gasteiger partial charge in [0.2, 0.25) is 5.91 Å². The van der Waals surface area contributed by atoms with E-state index in [0.29, 0.717) is 11.4 Å². The second-order valence-electron chi connectivity index (χ2n) is 7.07. The zero-order valence-corrected chi connectivity index (χ0v) is 16.9. The van der Waals surface area contributed by atoms with Gasteiger partial charge in [0.1, 0.15) is 11.8 Å². The summed E-state index contributed by atoms with van der Waals surface area (Å²) in [6.07, 6.45) is -0.147.